The average Bonchev–Trinajstić information content (AvgIpc) is 3.17. The predicted molar refractivity (Wildman–Crippen MR) is 123 cm³/mol. The molecule has 0 spiro atoms. The summed E-state index contributed by atoms with van der Waals surface area (Å²) in [5.74, 6) is 0.280. The minimum absolute atomic E-state index is 0.00360. The van der Waals surface area contributed by atoms with E-state index in [2.05, 4.69) is 12.1 Å². The Morgan fingerprint density at radius 3 is 2.31 bits per heavy atom. The Kier molecular flexibility index (Phi) is 5.08. The number of hydrogen-bond donors (Lipinski definition) is 1. The van der Waals surface area contributed by atoms with E-state index >= 15 is 0 Å². The molecule has 0 bridgehead atoms. The fourth-order valence-electron chi connectivity index (χ4n) is 3.89. The van der Waals surface area contributed by atoms with Gasteiger partial charge in [-0.3, -0.25) is 0 Å². The van der Waals surface area contributed by atoms with E-state index < -0.39 is 0 Å². The van der Waals surface area contributed by atoms with Crippen LogP contribution in [0.1, 0.15) is 31.9 Å². The highest BCUT2D eigenvalue weighted by molar-refractivity contribution is 6.03. The van der Waals surface area contributed by atoms with Crippen molar-refractivity contribution >= 4 is 11.0 Å². The molecule has 0 amide bonds. The van der Waals surface area contributed by atoms with E-state index in [0.29, 0.717) is 39.0 Å². The zero-order valence-corrected chi connectivity index (χ0v) is 18.3. The highest BCUT2D eigenvalue weighted by atomic mass is 16.5. The molecule has 2 heterocycles. The summed E-state index contributed by atoms with van der Waals surface area (Å²) in [6.45, 7) is 6.12. The lowest BCUT2D eigenvalue weighted by Crippen LogP contribution is -2.21. The van der Waals surface area contributed by atoms with Crippen molar-refractivity contribution in [1.29, 1.82) is 10.5 Å². The van der Waals surface area contributed by atoms with Gasteiger partial charge in [-0.15, -0.1) is 0 Å². The molecule has 0 saturated heterocycles. The molecule has 6 nitrogen and oxygen atoms in total. The summed E-state index contributed by atoms with van der Waals surface area (Å²) in [6, 6.07) is 19.0. The highest BCUT2D eigenvalue weighted by Crippen LogP contribution is 2.42. The van der Waals surface area contributed by atoms with E-state index in [0.717, 1.165) is 5.56 Å². The Bertz CT molecular complexity index is 1420. The van der Waals surface area contributed by atoms with Gasteiger partial charge in [0.25, 0.3) is 0 Å². The summed E-state index contributed by atoms with van der Waals surface area (Å²) in [5.41, 5.74) is 3.66. The first kappa shape index (κ1) is 21.0. The van der Waals surface area contributed by atoms with Gasteiger partial charge >= 0.3 is 0 Å². The molecule has 0 unspecified atom stereocenters. The standard InChI is InChI=1S/C26H22N4O2/c1-26(2,3)30-15-18(13-27)23-22(17-10-11-20(31)21(12-17)32-4)19(14-28)24(29-25(23)30)16-8-6-5-7-9-16/h5-12,15,31H,1-4H3. The fraction of sp³-hybridized carbons (Fsp3) is 0.192. The Hall–Kier alpha value is -4.29. The van der Waals surface area contributed by atoms with Crippen LogP contribution >= 0.6 is 0 Å². The minimum Gasteiger partial charge on any atom is -0.504 e. The number of nitrogens with zero attached hydrogens (tertiary/aromatic N) is 4. The van der Waals surface area contributed by atoms with Crippen LogP contribution in [0.5, 0.6) is 11.5 Å². The molecule has 0 radical (unpaired) electrons. The number of ether oxygens (including phenoxy) is 1. The normalized spacial score (nSPS) is 11.2. The summed E-state index contributed by atoms with van der Waals surface area (Å²) >= 11 is 0. The number of rotatable bonds is 3. The van der Waals surface area contributed by atoms with Gasteiger partial charge < -0.3 is 14.4 Å². The van der Waals surface area contributed by atoms with Crippen molar-refractivity contribution in [2.24, 2.45) is 0 Å². The van der Waals surface area contributed by atoms with Crippen molar-refractivity contribution < 1.29 is 9.84 Å². The third-order valence-corrected chi connectivity index (χ3v) is 5.40. The molecule has 4 rings (SSSR count). The zero-order chi connectivity index (χ0) is 23.0. The van der Waals surface area contributed by atoms with Crippen molar-refractivity contribution in [2.45, 2.75) is 26.3 Å². The molecule has 158 valence electrons. The first-order valence-electron chi connectivity index (χ1n) is 10.1. The molecular weight excluding hydrogens is 400 g/mol. The molecular formula is C26H22N4O2. The third kappa shape index (κ3) is 3.33. The maximum atomic E-state index is 10.2. The molecule has 1 N–H and O–H groups in total. The van der Waals surface area contributed by atoms with Crippen LogP contribution in [-0.2, 0) is 5.54 Å². The SMILES string of the molecule is COc1cc(-c2c(C#N)c(-c3ccccc3)nc3c2c(C#N)cn3C(C)(C)C)ccc1O. The van der Waals surface area contributed by atoms with Crippen LogP contribution in [-0.4, -0.2) is 21.8 Å². The summed E-state index contributed by atoms with van der Waals surface area (Å²) in [5, 5.41) is 30.9. The maximum absolute atomic E-state index is 10.2. The molecule has 0 saturated carbocycles. The van der Waals surface area contributed by atoms with Gasteiger partial charge in [-0.25, -0.2) is 4.98 Å². The van der Waals surface area contributed by atoms with E-state index in [4.69, 9.17) is 9.72 Å². The van der Waals surface area contributed by atoms with Gasteiger partial charge in [-0.05, 0) is 38.5 Å². The predicted octanol–water partition coefficient (Wildman–Crippen LogP) is 5.58. The van der Waals surface area contributed by atoms with Crippen molar-refractivity contribution in [3.63, 3.8) is 0 Å². The van der Waals surface area contributed by atoms with Crippen LogP contribution in [0.4, 0.5) is 0 Å². The van der Waals surface area contributed by atoms with Crippen LogP contribution in [0.25, 0.3) is 33.4 Å². The molecule has 4 aromatic rings. The van der Waals surface area contributed by atoms with Gasteiger partial charge in [0.05, 0.1) is 23.9 Å². The van der Waals surface area contributed by atoms with E-state index in [1.165, 1.54) is 13.2 Å². The van der Waals surface area contributed by atoms with Crippen LogP contribution in [0.15, 0.2) is 54.7 Å². The highest BCUT2D eigenvalue weighted by Gasteiger charge is 2.27. The average molecular weight is 422 g/mol. The topological polar surface area (TPSA) is 94.9 Å². The van der Waals surface area contributed by atoms with Gasteiger partial charge in [-0.1, -0.05) is 36.4 Å². The first-order valence-corrected chi connectivity index (χ1v) is 10.1. The number of methoxy groups -OCH3 is 1. The summed E-state index contributed by atoms with van der Waals surface area (Å²) in [6.07, 6.45) is 1.79. The van der Waals surface area contributed by atoms with Crippen molar-refractivity contribution in [2.75, 3.05) is 7.11 Å². The minimum atomic E-state index is -0.341. The second kappa shape index (κ2) is 7.76. The number of aromatic hydroxyl groups is 1. The van der Waals surface area contributed by atoms with Gasteiger partial charge in [0.2, 0.25) is 0 Å². The van der Waals surface area contributed by atoms with Crippen LogP contribution < -0.4 is 4.74 Å². The van der Waals surface area contributed by atoms with Gasteiger partial charge in [0.1, 0.15) is 17.8 Å². The van der Waals surface area contributed by atoms with Gasteiger partial charge in [0.15, 0.2) is 11.5 Å². The van der Waals surface area contributed by atoms with Crippen molar-refractivity contribution in [3.05, 3.63) is 65.9 Å². The lowest BCUT2D eigenvalue weighted by atomic mass is 9.92. The molecule has 0 aliphatic heterocycles. The maximum Gasteiger partial charge on any atom is 0.161 e. The number of fused-ring (bicyclic) bond motifs is 1. The quantitative estimate of drug-likeness (QED) is 0.465. The Labute approximate surface area is 186 Å². The number of hydrogen-bond acceptors (Lipinski definition) is 5. The summed E-state index contributed by atoms with van der Waals surface area (Å²) in [4.78, 5) is 4.91. The molecule has 0 aliphatic carbocycles. The number of phenolic OH excluding ortho intramolecular Hbond substituents is 1. The second-order valence-corrected chi connectivity index (χ2v) is 8.47. The largest absolute Gasteiger partial charge is 0.504 e. The van der Waals surface area contributed by atoms with Crippen LogP contribution in [0.3, 0.4) is 0 Å². The molecule has 2 aromatic carbocycles. The van der Waals surface area contributed by atoms with Crippen molar-refractivity contribution in [1.82, 2.24) is 9.55 Å². The third-order valence-electron chi connectivity index (χ3n) is 5.40. The van der Waals surface area contributed by atoms with E-state index in [1.807, 2.05) is 55.7 Å². The smallest absolute Gasteiger partial charge is 0.161 e. The Morgan fingerprint density at radius 1 is 1.00 bits per heavy atom. The van der Waals surface area contributed by atoms with Gasteiger partial charge in [0, 0.05) is 28.2 Å². The number of pyridine rings is 1. The summed E-state index contributed by atoms with van der Waals surface area (Å²) < 4.78 is 7.27. The van der Waals surface area contributed by atoms with Crippen LogP contribution in [0, 0.1) is 22.7 Å². The zero-order valence-electron chi connectivity index (χ0n) is 18.3. The Balaban J connectivity index is 2.24. The molecule has 2 aromatic heterocycles. The van der Waals surface area contributed by atoms with Gasteiger partial charge in [-0.2, -0.15) is 10.5 Å². The van der Waals surface area contributed by atoms with E-state index in [-0.39, 0.29) is 17.0 Å². The van der Waals surface area contributed by atoms with E-state index in [9.17, 15) is 15.6 Å². The molecule has 32 heavy (non-hydrogen) atoms. The first-order chi connectivity index (χ1) is 15.3. The summed E-state index contributed by atoms with van der Waals surface area (Å²) in [7, 11) is 1.47. The lowest BCUT2D eigenvalue weighted by Gasteiger charge is -2.23. The number of benzene rings is 2. The second-order valence-electron chi connectivity index (χ2n) is 8.47. The number of phenols is 1. The number of nitriles is 2. The monoisotopic (exact) mass is 422 g/mol. The molecule has 0 atom stereocenters. The van der Waals surface area contributed by atoms with Crippen LogP contribution in [0.2, 0.25) is 0 Å². The van der Waals surface area contributed by atoms with E-state index in [1.54, 1.807) is 18.3 Å². The number of aromatic nitrogens is 2. The molecule has 6 heteroatoms. The fourth-order valence-corrected chi connectivity index (χ4v) is 3.89. The lowest BCUT2D eigenvalue weighted by molar-refractivity contribution is 0.373. The molecule has 0 fully saturated rings. The molecule has 0 aliphatic rings. The Morgan fingerprint density at radius 2 is 1.72 bits per heavy atom. The van der Waals surface area contributed by atoms with Crippen molar-refractivity contribution in [3.8, 4) is 46.0 Å².